The van der Waals surface area contributed by atoms with Crippen molar-refractivity contribution in [1.29, 1.82) is 0 Å². The van der Waals surface area contributed by atoms with E-state index in [0.717, 1.165) is 16.7 Å². The minimum Gasteiger partial charge on any atom is -0.261 e. The van der Waals surface area contributed by atoms with E-state index in [0.29, 0.717) is 0 Å². The molecule has 3 aromatic carbocycles. The third kappa shape index (κ3) is 5.56. The van der Waals surface area contributed by atoms with Crippen LogP contribution < -0.4 is 0 Å². The van der Waals surface area contributed by atoms with Crippen LogP contribution in [0, 0.1) is 26.7 Å². The number of nitrogens with zero attached hydrogens (tertiary/aromatic N) is 1. The Bertz CT molecular complexity index is 1780. The highest BCUT2D eigenvalue weighted by molar-refractivity contribution is 7.89. The summed E-state index contributed by atoms with van der Waals surface area (Å²) in [5.41, 5.74) is 1.45. The highest BCUT2D eigenvalue weighted by Gasteiger charge is 2.65. The Hall–Kier alpha value is -2.61. The van der Waals surface area contributed by atoms with E-state index in [9.17, 15) is 25.3 Å². The van der Waals surface area contributed by atoms with Gasteiger partial charge in [-0.05, 0) is 83.9 Å². The van der Waals surface area contributed by atoms with Crippen molar-refractivity contribution in [2.24, 2.45) is 5.92 Å². The molecule has 12 heteroatoms. The average Bonchev–Trinajstić information content (AvgIpc) is 3.05. The molecule has 9 nitrogen and oxygen atoms in total. The predicted octanol–water partition coefficient (Wildman–Crippen LogP) is 4.72. The molecule has 5 rings (SSSR count). The molecule has 4 atom stereocenters. The molecular formula is C30H35NO8S3. The zero-order valence-electron chi connectivity index (χ0n) is 24.1. The van der Waals surface area contributed by atoms with Gasteiger partial charge in [-0.1, -0.05) is 53.1 Å². The number of aryl methyl sites for hydroxylation is 3. The lowest BCUT2D eigenvalue weighted by molar-refractivity contribution is 0.0270. The summed E-state index contributed by atoms with van der Waals surface area (Å²) in [5, 5.41) is 0. The Morgan fingerprint density at radius 2 is 1.02 bits per heavy atom. The van der Waals surface area contributed by atoms with E-state index in [1.807, 2.05) is 20.8 Å². The van der Waals surface area contributed by atoms with Crippen LogP contribution in [0.1, 0.15) is 43.4 Å². The summed E-state index contributed by atoms with van der Waals surface area (Å²) in [6.07, 6.45) is -1.92. The summed E-state index contributed by atoms with van der Waals surface area (Å²) < 4.78 is 95.2. The first-order valence-electron chi connectivity index (χ1n) is 13.7. The van der Waals surface area contributed by atoms with E-state index in [2.05, 4.69) is 0 Å². The molecule has 1 aliphatic heterocycles. The van der Waals surface area contributed by atoms with E-state index in [4.69, 9.17) is 8.37 Å². The molecule has 0 N–H and O–H groups in total. The van der Waals surface area contributed by atoms with Gasteiger partial charge in [-0.25, -0.2) is 8.42 Å². The van der Waals surface area contributed by atoms with Gasteiger partial charge in [0.1, 0.15) is 6.10 Å². The second kappa shape index (κ2) is 10.8. The Labute approximate surface area is 248 Å². The molecule has 1 aliphatic carbocycles. The molecule has 226 valence electrons. The van der Waals surface area contributed by atoms with Gasteiger partial charge in [0, 0.05) is 11.5 Å². The van der Waals surface area contributed by atoms with Crippen LogP contribution in [0.3, 0.4) is 0 Å². The van der Waals surface area contributed by atoms with Crippen molar-refractivity contribution >= 4 is 30.3 Å². The molecular weight excluding hydrogens is 599 g/mol. The Morgan fingerprint density at radius 3 is 1.48 bits per heavy atom. The molecule has 2 bridgehead atoms. The Kier molecular flexibility index (Phi) is 7.95. The van der Waals surface area contributed by atoms with Crippen LogP contribution >= 0.6 is 0 Å². The van der Waals surface area contributed by atoms with Crippen LogP contribution in [0.5, 0.6) is 0 Å². The Morgan fingerprint density at radius 1 is 0.619 bits per heavy atom. The van der Waals surface area contributed by atoms with Gasteiger partial charge in [0.05, 0.1) is 26.8 Å². The molecule has 0 amide bonds. The lowest BCUT2D eigenvalue weighted by Gasteiger charge is -2.37. The average molecular weight is 634 g/mol. The largest absolute Gasteiger partial charge is 0.297 e. The summed E-state index contributed by atoms with van der Waals surface area (Å²) in [7, 11) is -12.9. The van der Waals surface area contributed by atoms with Crippen LogP contribution in [0.15, 0.2) is 87.5 Å². The summed E-state index contributed by atoms with van der Waals surface area (Å²) in [5.74, 6) is -0.565. The lowest BCUT2D eigenvalue weighted by atomic mass is 9.78. The second-order valence-corrected chi connectivity index (χ2v) is 16.6. The van der Waals surface area contributed by atoms with Gasteiger partial charge in [-0.2, -0.15) is 21.1 Å². The fourth-order valence-corrected chi connectivity index (χ4v) is 10.3. The normalized spacial score (nSPS) is 24.5. The van der Waals surface area contributed by atoms with Crippen molar-refractivity contribution < 1.29 is 33.6 Å². The summed E-state index contributed by atoms with van der Waals surface area (Å²) in [6, 6.07) is 17.3. The fraction of sp³-hybridized carbons (Fsp3) is 0.400. The summed E-state index contributed by atoms with van der Waals surface area (Å²) >= 11 is 0. The molecule has 1 heterocycles. The first-order valence-corrected chi connectivity index (χ1v) is 17.9. The monoisotopic (exact) mass is 633 g/mol. The number of hydrogen-bond donors (Lipinski definition) is 0. The predicted molar refractivity (Wildman–Crippen MR) is 157 cm³/mol. The number of benzene rings is 3. The van der Waals surface area contributed by atoms with E-state index in [1.54, 1.807) is 50.2 Å². The number of hydrogen-bond acceptors (Lipinski definition) is 8. The van der Waals surface area contributed by atoms with Gasteiger partial charge in [0.15, 0.2) is 0 Å². The van der Waals surface area contributed by atoms with Gasteiger partial charge >= 0.3 is 0 Å². The van der Waals surface area contributed by atoms with Crippen LogP contribution in [-0.4, -0.2) is 53.3 Å². The van der Waals surface area contributed by atoms with E-state index < -0.39 is 60.0 Å². The molecule has 42 heavy (non-hydrogen) atoms. The molecule has 0 radical (unpaired) electrons. The zero-order chi connectivity index (χ0) is 30.7. The number of sulfonamides is 1. The van der Waals surface area contributed by atoms with Crippen molar-refractivity contribution in [3.63, 3.8) is 0 Å². The maximum absolute atomic E-state index is 14.3. The smallest absolute Gasteiger partial charge is 0.261 e. The van der Waals surface area contributed by atoms with Crippen LogP contribution in [0.4, 0.5) is 0 Å². The molecule has 2 aliphatic rings. The van der Waals surface area contributed by atoms with Gasteiger partial charge in [0.2, 0.25) is 10.0 Å². The SMILES string of the molecule is Cc1ccc(S(=O)(=O)OC2[C@H]3[C@@H](OS(=O)(=O)c4ccc(C)cc4)CC[C@@H]2C(C)(C)N3S(=O)(=O)c2ccc(C)cc2)cc1. The zero-order valence-corrected chi connectivity index (χ0v) is 26.5. The van der Waals surface area contributed by atoms with E-state index >= 15 is 0 Å². The number of rotatable bonds is 8. The molecule has 2 fully saturated rings. The van der Waals surface area contributed by atoms with Crippen molar-refractivity contribution in [3.8, 4) is 0 Å². The highest BCUT2D eigenvalue weighted by atomic mass is 32.2. The molecule has 1 unspecified atom stereocenters. The minimum absolute atomic E-state index is 0.00834. The van der Waals surface area contributed by atoms with E-state index in [1.165, 1.54) is 40.7 Å². The van der Waals surface area contributed by atoms with Crippen LogP contribution in [-0.2, 0) is 38.6 Å². The van der Waals surface area contributed by atoms with Gasteiger partial charge in [-0.15, -0.1) is 0 Å². The first kappa shape index (κ1) is 30.8. The van der Waals surface area contributed by atoms with Gasteiger partial charge < -0.3 is 0 Å². The maximum Gasteiger partial charge on any atom is 0.297 e. The second-order valence-electron chi connectivity index (χ2n) is 11.7. The minimum atomic E-state index is -4.34. The third-order valence-electron chi connectivity index (χ3n) is 8.31. The topological polar surface area (TPSA) is 124 Å². The summed E-state index contributed by atoms with van der Waals surface area (Å²) in [4.78, 5) is -0.146. The van der Waals surface area contributed by atoms with E-state index in [-0.39, 0.29) is 27.5 Å². The van der Waals surface area contributed by atoms with Crippen molar-refractivity contribution in [1.82, 2.24) is 4.31 Å². The van der Waals surface area contributed by atoms with Crippen molar-refractivity contribution in [2.45, 2.75) is 85.9 Å². The first-order chi connectivity index (χ1) is 19.5. The van der Waals surface area contributed by atoms with Crippen molar-refractivity contribution in [2.75, 3.05) is 0 Å². The third-order valence-corrected chi connectivity index (χ3v) is 13.1. The summed E-state index contributed by atoms with van der Waals surface area (Å²) in [6.45, 7) is 8.92. The van der Waals surface area contributed by atoms with Crippen LogP contribution in [0.25, 0.3) is 0 Å². The van der Waals surface area contributed by atoms with Gasteiger partial charge in [0.25, 0.3) is 20.2 Å². The molecule has 0 spiro atoms. The molecule has 1 saturated heterocycles. The Balaban J connectivity index is 1.61. The van der Waals surface area contributed by atoms with Crippen LogP contribution in [0.2, 0.25) is 0 Å². The van der Waals surface area contributed by atoms with Gasteiger partial charge in [-0.3, -0.25) is 8.37 Å². The maximum atomic E-state index is 14.3. The number of fused-ring (bicyclic) bond motifs is 2. The molecule has 1 saturated carbocycles. The molecule has 0 aromatic heterocycles. The highest BCUT2D eigenvalue weighted by Crippen LogP contribution is 2.52. The molecule has 3 aromatic rings. The quantitative estimate of drug-likeness (QED) is 0.327. The lowest BCUT2D eigenvalue weighted by Crippen LogP contribution is -2.53. The van der Waals surface area contributed by atoms with Crippen molar-refractivity contribution in [3.05, 3.63) is 89.5 Å². The standard InChI is InChI=1S/C30H35NO8S3/c1-20-6-12-23(13-7-20)40(32,33)31-28-27(38-41(34,35)24-14-8-21(2)9-15-24)19-18-26(30(31,4)5)29(28)39-42(36,37)25-16-10-22(3)11-17-25/h6-17,26-29H,18-19H2,1-5H3/t26-,27-,28+,29?/m0/s1. The fourth-order valence-electron chi connectivity index (χ4n) is 6.07.